The van der Waals surface area contributed by atoms with Gasteiger partial charge in [0, 0.05) is 19.2 Å². The second-order valence-electron chi connectivity index (χ2n) is 5.79. The molecular formula is C15H22FNO. The summed E-state index contributed by atoms with van der Waals surface area (Å²) in [6.07, 6.45) is 6.54. The third-order valence-corrected chi connectivity index (χ3v) is 3.88. The quantitative estimate of drug-likeness (QED) is 0.857. The first-order valence-electron chi connectivity index (χ1n) is 6.77. The molecule has 1 fully saturated rings. The number of rotatable bonds is 4. The Bertz CT molecular complexity index is 379. The fraction of sp³-hybridized carbons (Fsp3) is 0.600. The minimum Gasteiger partial charge on any atom is -0.508 e. The fourth-order valence-corrected chi connectivity index (χ4v) is 2.83. The maximum Gasteiger partial charge on any atom is 0.127 e. The van der Waals surface area contributed by atoms with Gasteiger partial charge in [0.1, 0.15) is 11.6 Å². The Morgan fingerprint density at radius 1 is 1.22 bits per heavy atom. The van der Waals surface area contributed by atoms with Crippen LogP contribution < -0.4 is 5.32 Å². The van der Waals surface area contributed by atoms with Gasteiger partial charge in [0.05, 0.1) is 0 Å². The Morgan fingerprint density at radius 2 is 1.94 bits per heavy atom. The zero-order valence-corrected chi connectivity index (χ0v) is 11.0. The van der Waals surface area contributed by atoms with Crippen LogP contribution in [0.5, 0.6) is 5.75 Å². The summed E-state index contributed by atoms with van der Waals surface area (Å²) in [6, 6.07) is 4.21. The highest BCUT2D eigenvalue weighted by Gasteiger charge is 2.25. The number of aromatic hydroxyl groups is 1. The highest BCUT2D eigenvalue weighted by Crippen LogP contribution is 2.34. The van der Waals surface area contributed by atoms with Crippen LogP contribution in [0.2, 0.25) is 0 Å². The Balaban J connectivity index is 1.84. The standard InChI is InChI=1S/C15H22FNO/c1-15(5-3-2-4-6-15)11-17-10-12-7-13(16)9-14(18)8-12/h7-9,17-18H,2-6,10-11H2,1H3. The fourth-order valence-electron chi connectivity index (χ4n) is 2.83. The van der Waals surface area contributed by atoms with Crippen molar-refractivity contribution in [3.63, 3.8) is 0 Å². The summed E-state index contributed by atoms with van der Waals surface area (Å²) in [4.78, 5) is 0. The average Bonchev–Trinajstić information content (AvgIpc) is 2.28. The summed E-state index contributed by atoms with van der Waals surface area (Å²) in [6.45, 7) is 3.90. The van der Waals surface area contributed by atoms with E-state index in [2.05, 4.69) is 12.2 Å². The molecular weight excluding hydrogens is 229 g/mol. The van der Waals surface area contributed by atoms with Crippen molar-refractivity contribution in [1.29, 1.82) is 0 Å². The zero-order valence-electron chi connectivity index (χ0n) is 11.0. The van der Waals surface area contributed by atoms with Crippen molar-refractivity contribution in [2.24, 2.45) is 5.41 Å². The second-order valence-corrected chi connectivity index (χ2v) is 5.79. The Hall–Kier alpha value is -1.09. The molecule has 0 aliphatic heterocycles. The van der Waals surface area contributed by atoms with E-state index in [0.29, 0.717) is 12.0 Å². The molecule has 1 aromatic rings. The van der Waals surface area contributed by atoms with Gasteiger partial charge in [-0.05, 0) is 36.0 Å². The SMILES string of the molecule is CC1(CNCc2cc(O)cc(F)c2)CCCCC1. The van der Waals surface area contributed by atoms with Crippen LogP contribution in [0, 0.1) is 11.2 Å². The van der Waals surface area contributed by atoms with Crippen LogP contribution in [0.25, 0.3) is 0 Å². The van der Waals surface area contributed by atoms with Gasteiger partial charge in [-0.2, -0.15) is 0 Å². The first-order chi connectivity index (χ1) is 8.57. The van der Waals surface area contributed by atoms with E-state index in [4.69, 9.17) is 0 Å². The molecule has 0 amide bonds. The third-order valence-electron chi connectivity index (χ3n) is 3.88. The highest BCUT2D eigenvalue weighted by atomic mass is 19.1. The maximum atomic E-state index is 13.1. The molecule has 0 unspecified atom stereocenters. The summed E-state index contributed by atoms with van der Waals surface area (Å²) in [5.74, 6) is -0.383. The molecule has 0 radical (unpaired) electrons. The lowest BCUT2D eigenvalue weighted by Crippen LogP contribution is -2.33. The van der Waals surface area contributed by atoms with Crippen molar-refractivity contribution in [1.82, 2.24) is 5.32 Å². The predicted molar refractivity (Wildman–Crippen MR) is 71.0 cm³/mol. The summed E-state index contributed by atoms with van der Waals surface area (Å²) < 4.78 is 13.1. The molecule has 0 spiro atoms. The highest BCUT2D eigenvalue weighted by molar-refractivity contribution is 5.28. The van der Waals surface area contributed by atoms with Crippen LogP contribution in [-0.2, 0) is 6.54 Å². The van der Waals surface area contributed by atoms with Gasteiger partial charge in [-0.3, -0.25) is 0 Å². The van der Waals surface area contributed by atoms with Gasteiger partial charge in [-0.1, -0.05) is 26.2 Å². The smallest absolute Gasteiger partial charge is 0.127 e. The van der Waals surface area contributed by atoms with Crippen LogP contribution in [0.15, 0.2) is 18.2 Å². The van der Waals surface area contributed by atoms with Crippen molar-refractivity contribution < 1.29 is 9.50 Å². The van der Waals surface area contributed by atoms with Crippen LogP contribution in [0.1, 0.15) is 44.6 Å². The number of benzene rings is 1. The number of phenols is 1. The van der Waals surface area contributed by atoms with Gasteiger partial charge in [0.2, 0.25) is 0 Å². The van der Waals surface area contributed by atoms with E-state index in [9.17, 15) is 9.50 Å². The van der Waals surface area contributed by atoms with Gasteiger partial charge in [-0.15, -0.1) is 0 Å². The molecule has 3 heteroatoms. The lowest BCUT2D eigenvalue weighted by Gasteiger charge is -2.33. The largest absolute Gasteiger partial charge is 0.508 e. The van der Waals surface area contributed by atoms with Crippen molar-refractivity contribution in [2.45, 2.75) is 45.6 Å². The van der Waals surface area contributed by atoms with Gasteiger partial charge in [-0.25, -0.2) is 4.39 Å². The first-order valence-corrected chi connectivity index (χ1v) is 6.77. The molecule has 100 valence electrons. The molecule has 2 rings (SSSR count). The van der Waals surface area contributed by atoms with E-state index in [1.54, 1.807) is 6.07 Å². The molecule has 1 aliphatic carbocycles. The molecule has 0 bridgehead atoms. The monoisotopic (exact) mass is 251 g/mol. The summed E-state index contributed by atoms with van der Waals surface area (Å²) in [5.41, 5.74) is 1.18. The van der Waals surface area contributed by atoms with Crippen molar-refractivity contribution in [3.8, 4) is 5.75 Å². The molecule has 18 heavy (non-hydrogen) atoms. The zero-order chi connectivity index (χ0) is 13.0. The van der Waals surface area contributed by atoms with E-state index in [-0.39, 0.29) is 11.6 Å². The van der Waals surface area contributed by atoms with Gasteiger partial charge in [0.15, 0.2) is 0 Å². The first kappa shape index (κ1) is 13.3. The summed E-state index contributed by atoms with van der Waals surface area (Å²) in [7, 11) is 0. The molecule has 2 N–H and O–H groups in total. The van der Waals surface area contributed by atoms with E-state index in [0.717, 1.165) is 18.2 Å². The minimum absolute atomic E-state index is 0.00400. The average molecular weight is 251 g/mol. The van der Waals surface area contributed by atoms with Crippen LogP contribution >= 0.6 is 0 Å². The van der Waals surface area contributed by atoms with E-state index in [1.807, 2.05) is 0 Å². The van der Waals surface area contributed by atoms with Gasteiger partial charge >= 0.3 is 0 Å². The molecule has 1 aliphatic rings. The molecule has 2 nitrogen and oxygen atoms in total. The molecule has 0 heterocycles. The number of nitrogens with one attached hydrogen (secondary N) is 1. The number of halogens is 1. The van der Waals surface area contributed by atoms with Crippen molar-refractivity contribution >= 4 is 0 Å². The van der Waals surface area contributed by atoms with Crippen LogP contribution in [0.4, 0.5) is 4.39 Å². The predicted octanol–water partition coefficient (Wildman–Crippen LogP) is 3.59. The Labute approximate surface area is 108 Å². The Morgan fingerprint density at radius 3 is 2.61 bits per heavy atom. The topological polar surface area (TPSA) is 32.3 Å². The lowest BCUT2D eigenvalue weighted by atomic mass is 9.76. The molecule has 0 aromatic heterocycles. The van der Waals surface area contributed by atoms with Crippen LogP contribution in [0.3, 0.4) is 0 Å². The Kier molecular flexibility index (Phi) is 4.23. The second kappa shape index (κ2) is 5.70. The number of phenolic OH excluding ortho intramolecular Hbond substituents is 1. The van der Waals surface area contributed by atoms with Crippen molar-refractivity contribution in [3.05, 3.63) is 29.6 Å². The molecule has 1 aromatic carbocycles. The lowest BCUT2D eigenvalue weighted by molar-refractivity contribution is 0.207. The van der Waals surface area contributed by atoms with Crippen molar-refractivity contribution in [2.75, 3.05) is 6.54 Å². The van der Waals surface area contributed by atoms with Gasteiger partial charge in [0.25, 0.3) is 0 Å². The molecule has 1 saturated carbocycles. The van der Waals surface area contributed by atoms with E-state index >= 15 is 0 Å². The third kappa shape index (κ3) is 3.70. The molecule has 0 saturated heterocycles. The normalized spacial score (nSPS) is 18.8. The van der Waals surface area contributed by atoms with Gasteiger partial charge < -0.3 is 10.4 Å². The number of hydrogen-bond donors (Lipinski definition) is 2. The minimum atomic E-state index is -0.379. The maximum absolute atomic E-state index is 13.1. The van der Waals surface area contributed by atoms with E-state index < -0.39 is 0 Å². The number of hydrogen-bond acceptors (Lipinski definition) is 2. The summed E-state index contributed by atoms with van der Waals surface area (Å²) >= 11 is 0. The molecule has 0 atom stereocenters. The van der Waals surface area contributed by atoms with E-state index in [1.165, 1.54) is 38.2 Å². The summed E-state index contributed by atoms with van der Waals surface area (Å²) in [5, 5.41) is 12.7. The van der Waals surface area contributed by atoms with Crippen LogP contribution in [-0.4, -0.2) is 11.7 Å².